The van der Waals surface area contributed by atoms with E-state index in [4.69, 9.17) is 0 Å². The Morgan fingerprint density at radius 3 is 2.87 bits per heavy atom. The van der Waals surface area contributed by atoms with Crippen molar-refractivity contribution in [3.05, 3.63) is 23.9 Å². The maximum Gasteiger partial charge on any atom is 0.387 e. The number of ether oxygens (including phenoxy) is 1. The van der Waals surface area contributed by atoms with Gasteiger partial charge in [-0.1, -0.05) is 0 Å². The monoisotopic (exact) mass is 322 g/mol. The summed E-state index contributed by atoms with van der Waals surface area (Å²) >= 11 is 0. The number of hydrogen-bond donors (Lipinski definition) is 1. The Hall–Kier alpha value is -2.22. The molecule has 2 aliphatic heterocycles. The fourth-order valence-electron chi connectivity index (χ4n) is 3.59. The molecule has 3 heterocycles. The Morgan fingerprint density at radius 2 is 2.22 bits per heavy atom. The van der Waals surface area contributed by atoms with Crippen LogP contribution in [0.2, 0.25) is 0 Å². The zero-order valence-electron chi connectivity index (χ0n) is 12.5. The highest BCUT2D eigenvalue weighted by Crippen LogP contribution is 2.32. The van der Waals surface area contributed by atoms with Gasteiger partial charge < -0.3 is 9.64 Å². The summed E-state index contributed by atoms with van der Waals surface area (Å²) in [5, 5.41) is 7.43. The van der Waals surface area contributed by atoms with Crippen molar-refractivity contribution in [2.75, 3.05) is 20.1 Å². The largest absolute Gasteiger partial charge is 0.435 e. The molecule has 1 N–H and O–H groups in total. The molecule has 1 amide bonds. The lowest BCUT2D eigenvalue weighted by Crippen LogP contribution is -2.47. The SMILES string of the molecule is CN1CC2C[C@H]1CN2C(=O)c1n[nH]c2cc(OC(F)F)ccc12. The second kappa shape index (κ2) is 5.16. The summed E-state index contributed by atoms with van der Waals surface area (Å²) in [6, 6.07) is 5.08. The highest BCUT2D eigenvalue weighted by atomic mass is 19.3. The Labute approximate surface area is 131 Å². The van der Waals surface area contributed by atoms with Gasteiger partial charge >= 0.3 is 6.61 Å². The van der Waals surface area contributed by atoms with Crippen molar-refractivity contribution < 1.29 is 18.3 Å². The van der Waals surface area contributed by atoms with Gasteiger partial charge in [0.25, 0.3) is 5.91 Å². The minimum Gasteiger partial charge on any atom is -0.435 e. The average molecular weight is 322 g/mol. The molecule has 1 unspecified atom stereocenters. The quantitative estimate of drug-likeness (QED) is 0.934. The van der Waals surface area contributed by atoms with Crippen LogP contribution in [0.1, 0.15) is 16.9 Å². The summed E-state index contributed by atoms with van der Waals surface area (Å²) in [7, 11) is 2.07. The highest BCUT2D eigenvalue weighted by molar-refractivity contribution is 6.05. The second-order valence-corrected chi connectivity index (χ2v) is 6.10. The number of alkyl halides is 2. The molecule has 6 nitrogen and oxygen atoms in total. The van der Waals surface area contributed by atoms with Gasteiger partial charge in [-0.05, 0) is 25.6 Å². The van der Waals surface area contributed by atoms with Crippen molar-refractivity contribution in [3.63, 3.8) is 0 Å². The van der Waals surface area contributed by atoms with Crippen molar-refractivity contribution in [1.82, 2.24) is 20.0 Å². The van der Waals surface area contributed by atoms with Gasteiger partial charge in [-0.2, -0.15) is 13.9 Å². The molecule has 0 saturated carbocycles. The Kier molecular flexibility index (Phi) is 3.22. The van der Waals surface area contributed by atoms with Crippen LogP contribution in [0.15, 0.2) is 18.2 Å². The van der Waals surface area contributed by atoms with Gasteiger partial charge in [-0.25, -0.2) is 0 Å². The van der Waals surface area contributed by atoms with Crippen LogP contribution in [0.5, 0.6) is 5.75 Å². The molecule has 8 heteroatoms. The maximum absolute atomic E-state index is 12.8. The standard InChI is InChI=1S/C15H16F2N4O2/c1-20-6-9-4-8(20)7-21(9)14(22)13-11-3-2-10(23-15(16)17)5-12(11)18-19-13/h2-3,5,8-9,15H,4,6-7H2,1H3,(H,18,19)/t8-,9?/m0/s1. The first kappa shape index (κ1) is 14.4. The first-order chi connectivity index (χ1) is 11.0. The molecule has 1 aromatic carbocycles. The van der Waals surface area contributed by atoms with Crippen molar-refractivity contribution in [2.45, 2.75) is 25.1 Å². The third-order valence-corrected chi connectivity index (χ3v) is 4.74. The van der Waals surface area contributed by atoms with E-state index in [2.05, 4.69) is 26.9 Å². The van der Waals surface area contributed by atoms with Crippen molar-refractivity contribution in [1.29, 1.82) is 0 Å². The molecule has 2 atom stereocenters. The number of carbonyl (C=O) groups excluding carboxylic acids is 1. The number of likely N-dealkylation sites (N-methyl/N-ethyl adjacent to an activating group) is 1. The van der Waals surface area contributed by atoms with Crippen LogP contribution in [0.25, 0.3) is 10.9 Å². The van der Waals surface area contributed by atoms with Crippen LogP contribution >= 0.6 is 0 Å². The zero-order chi connectivity index (χ0) is 16.1. The van der Waals surface area contributed by atoms with Gasteiger partial charge in [-0.3, -0.25) is 14.8 Å². The molecule has 2 bridgehead atoms. The van der Waals surface area contributed by atoms with E-state index in [1.165, 1.54) is 12.1 Å². The number of amides is 1. The summed E-state index contributed by atoms with van der Waals surface area (Å²) in [6.45, 7) is -1.29. The molecule has 2 fully saturated rings. The first-order valence-corrected chi connectivity index (χ1v) is 7.47. The van der Waals surface area contributed by atoms with E-state index in [1.807, 2.05) is 4.90 Å². The minimum absolute atomic E-state index is 0.0389. The Bertz CT molecular complexity index is 761. The van der Waals surface area contributed by atoms with E-state index >= 15 is 0 Å². The molecule has 0 spiro atoms. The smallest absolute Gasteiger partial charge is 0.387 e. The Balaban J connectivity index is 1.61. The number of aromatic amines is 1. The van der Waals surface area contributed by atoms with Crippen LogP contribution in [0.4, 0.5) is 8.78 Å². The fourth-order valence-corrected chi connectivity index (χ4v) is 3.59. The Morgan fingerprint density at radius 1 is 1.39 bits per heavy atom. The number of fused-ring (bicyclic) bond motifs is 3. The van der Waals surface area contributed by atoms with E-state index in [0.29, 0.717) is 29.2 Å². The number of likely N-dealkylation sites (tertiary alicyclic amines) is 2. The number of benzene rings is 1. The lowest BCUT2D eigenvalue weighted by molar-refractivity contribution is -0.0497. The van der Waals surface area contributed by atoms with Gasteiger partial charge in [0.2, 0.25) is 0 Å². The van der Waals surface area contributed by atoms with E-state index in [9.17, 15) is 13.6 Å². The number of halogens is 2. The normalized spacial score (nSPS) is 24.1. The van der Waals surface area contributed by atoms with Gasteiger partial charge in [0.1, 0.15) is 5.75 Å². The average Bonchev–Trinajstić information content (AvgIpc) is 3.18. The summed E-state index contributed by atoms with van der Waals surface area (Å²) < 4.78 is 28.9. The summed E-state index contributed by atoms with van der Waals surface area (Å²) in [6.07, 6.45) is 0.997. The fraction of sp³-hybridized carbons (Fsp3) is 0.467. The van der Waals surface area contributed by atoms with E-state index in [0.717, 1.165) is 13.0 Å². The van der Waals surface area contributed by atoms with Gasteiger partial charge in [0.15, 0.2) is 5.69 Å². The second-order valence-electron chi connectivity index (χ2n) is 6.10. The van der Waals surface area contributed by atoms with E-state index in [1.54, 1.807) is 6.07 Å². The first-order valence-electron chi connectivity index (χ1n) is 7.47. The number of piperazine rings is 1. The van der Waals surface area contributed by atoms with Crippen molar-refractivity contribution in [3.8, 4) is 5.75 Å². The highest BCUT2D eigenvalue weighted by Gasteiger charge is 2.44. The van der Waals surface area contributed by atoms with Crippen molar-refractivity contribution >= 4 is 16.8 Å². The molecule has 1 aromatic heterocycles. The lowest BCUT2D eigenvalue weighted by Gasteiger charge is -2.31. The van der Waals surface area contributed by atoms with E-state index < -0.39 is 6.61 Å². The predicted octanol–water partition coefficient (Wildman–Crippen LogP) is 1.69. The summed E-state index contributed by atoms with van der Waals surface area (Å²) in [5.74, 6) is -0.0728. The summed E-state index contributed by atoms with van der Waals surface area (Å²) in [4.78, 5) is 16.9. The molecule has 4 rings (SSSR count). The molecule has 2 aromatic rings. The van der Waals surface area contributed by atoms with Gasteiger partial charge in [-0.15, -0.1) is 0 Å². The van der Waals surface area contributed by atoms with E-state index in [-0.39, 0.29) is 17.7 Å². The topological polar surface area (TPSA) is 61.5 Å². The maximum atomic E-state index is 12.8. The zero-order valence-corrected chi connectivity index (χ0v) is 12.5. The number of aromatic nitrogens is 2. The number of H-pyrrole nitrogens is 1. The molecule has 23 heavy (non-hydrogen) atoms. The predicted molar refractivity (Wildman–Crippen MR) is 78.6 cm³/mol. The third-order valence-electron chi connectivity index (χ3n) is 4.74. The lowest BCUT2D eigenvalue weighted by atomic mass is 10.1. The molecule has 0 radical (unpaired) electrons. The van der Waals surface area contributed by atoms with Crippen LogP contribution in [-0.2, 0) is 0 Å². The number of hydrogen-bond acceptors (Lipinski definition) is 4. The number of nitrogens with one attached hydrogen (secondary N) is 1. The molecule has 2 aliphatic rings. The van der Waals surface area contributed by atoms with Gasteiger partial charge in [0, 0.05) is 36.6 Å². The molecular formula is C15H16F2N4O2. The van der Waals surface area contributed by atoms with Crippen LogP contribution in [-0.4, -0.2) is 64.7 Å². The van der Waals surface area contributed by atoms with Crippen LogP contribution < -0.4 is 4.74 Å². The van der Waals surface area contributed by atoms with Crippen molar-refractivity contribution in [2.24, 2.45) is 0 Å². The van der Waals surface area contributed by atoms with Crippen LogP contribution in [0.3, 0.4) is 0 Å². The van der Waals surface area contributed by atoms with Gasteiger partial charge in [0.05, 0.1) is 5.52 Å². The number of rotatable bonds is 3. The number of nitrogens with zero attached hydrogens (tertiary/aromatic N) is 3. The third kappa shape index (κ3) is 2.33. The van der Waals surface area contributed by atoms with Crippen LogP contribution in [0, 0.1) is 0 Å². The minimum atomic E-state index is -2.88. The molecule has 0 aliphatic carbocycles. The molecule has 2 saturated heterocycles. The molecular weight excluding hydrogens is 306 g/mol. The molecule has 122 valence electrons. The summed E-state index contributed by atoms with van der Waals surface area (Å²) in [5.41, 5.74) is 0.840. The number of carbonyl (C=O) groups is 1.